The van der Waals surface area contributed by atoms with Gasteiger partial charge < -0.3 is 5.32 Å². The van der Waals surface area contributed by atoms with Crippen LogP contribution in [-0.2, 0) is 0 Å². The molecule has 3 unspecified atom stereocenters. The molecule has 1 N–H and O–H groups in total. The number of rotatable bonds is 4. The van der Waals surface area contributed by atoms with Crippen LogP contribution >= 0.6 is 0 Å². The van der Waals surface area contributed by atoms with E-state index in [1.165, 1.54) is 48.9 Å². The van der Waals surface area contributed by atoms with E-state index in [9.17, 15) is 0 Å². The van der Waals surface area contributed by atoms with Crippen LogP contribution in [0.3, 0.4) is 0 Å². The van der Waals surface area contributed by atoms with E-state index < -0.39 is 0 Å². The zero-order valence-corrected chi connectivity index (χ0v) is 13.0. The highest BCUT2D eigenvalue weighted by Gasteiger charge is 2.21. The van der Waals surface area contributed by atoms with Crippen molar-refractivity contribution in [2.75, 3.05) is 6.54 Å². The highest BCUT2D eigenvalue weighted by Crippen LogP contribution is 2.29. The average molecular weight is 259 g/mol. The average Bonchev–Trinajstić information content (AvgIpc) is 2.36. The Hall–Kier alpha value is -0.820. The lowest BCUT2D eigenvalue weighted by atomic mass is 9.80. The summed E-state index contributed by atoms with van der Waals surface area (Å²) in [5.41, 5.74) is 4.17. The highest BCUT2D eigenvalue weighted by atomic mass is 14.9. The second kappa shape index (κ2) is 6.56. The van der Waals surface area contributed by atoms with E-state index in [2.05, 4.69) is 51.2 Å². The highest BCUT2D eigenvalue weighted by molar-refractivity contribution is 5.30. The topological polar surface area (TPSA) is 12.0 Å². The molecule has 1 nitrogen and oxygen atoms in total. The van der Waals surface area contributed by atoms with Gasteiger partial charge in [-0.3, -0.25) is 0 Å². The second-order valence-corrected chi connectivity index (χ2v) is 6.57. The Balaban J connectivity index is 1.91. The molecule has 3 atom stereocenters. The number of benzene rings is 1. The third-order valence-corrected chi connectivity index (χ3v) is 4.72. The third-order valence-electron chi connectivity index (χ3n) is 4.72. The maximum Gasteiger partial charge on any atom is 0.0292 e. The molecule has 1 aliphatic rings. The minimum absolute atomic E-state index is 0.465. The van der Waals surface area contributed by atoms with Crippen molar-refractivity contribution in [3.05, 3.63) is 34.9 Å². The van der Waals surface area contributed by atoms with Gasteiger partial charge in [0.25, 0.3) is 0 Å². The summed E-state index contributed by atoms with van der Waals surface area (Å²) >= 11 is 0. The molecule has 0 aromatic heterocycles. The predicted octanol–water partition coefficient (Wildman–Crippen LogP) is 4.78. The van der Waals surface area contributed by atoms with Crippen molar-refractivity contribution in [3.63, 3.8) is 0 Å². The molecule has 1 aliphatic carbocycles. The fourth-order valence-electron chi connectivity index (χ4n) is 3.40. The molecule has 0 saturated heterocycles. The lowest BCUT2D eigenvalue weighted by molar-refractivity contribution is 0.242. The Morgan fingerprint density at radius 1 is 1.11 bits per heavy atom. The van der Waals surface area contributed by atoms with Gasteiger partial charge in [-0.15, -0.1) is 0 Å². The van der Waals surface area contributed by atoms with Crippen molar-refractivity contribution in [2.45, 2.75) is 59.4 Å². The summed E-state index contributed by atoms with van der Waals surface area (Å²) in [6, 6.07) is 7.34. The molecule has 106 valence electrons. The zero-order chi connectivity index (χ0) is 13.8. The second-order valence-electron chi connectivity index (χ2n) is 6.57. The number of hydrogen-bond acceptors (Lipinski definition) is 1. The van der Waals surface area contributed by atoms with Crippen LogP contribution in [0, 0.1) is 25.7 Å². The van der Waals surface area contributed by atoms with Gasteiger partial charge in [0.1, 0.15) is 0 Å². The van der Waals surface area contributed by atoms with Crippen molar-refractivity contribution in [3.8, 4) is 0 Å². The van der Waals surface area contributed by atoms with Gasteiger partial charge in [-0.05, 0) is 51.1 Å². The Bertz CT molecular complexity index is 390. The molecule has 0 heterocycles. The summed E-state index contributed by atoms with van der Waals surface area (Å²) < 4.78 is 0. The summed E-state index contributed by atoms with van der Waals surface area (Å²) in [6.07, 6.45) is 5.69. The quantitative estimate of drug-likeness (QED) is 0.820. The van der Waals surface area contributed by atoms with Crippen LogP contribution in [0.4, 0.5) is 0 Å². The monoisotopic (exact) mass is 259 g/mol. The normalized spacial score (nSPS) is 25.3. The Labute approximate surface area is 118 Å². The van der Waals surface area contributed by atoms with Crippen LogP contribution in [0.1, 0.15) is 62.3 Å². The number of hydrogen-bond donors (Lipinski definition) is 1. The van der Waals surface area contributed by atoms with Gasteiger partial charge in [0, 0.05) is 6.04 Å². The van der Waals surface area contributed by atoms with E-state index >= 15 is 0 Å². The van der Waals surface area contributed by atoms with Crippen LogP contribution < -0.4 is 5.32 Å². The fraction of sp³-hybridized carbons (Fsp3) is 0.667. The molecule has 0 radical (unpaired) electrons. The van der Waals surface area contributed by atoms with E-state index in [1.54, 1.807) is 0 Å². The Kier molecular flexibility index (Phi) is 5.04. The number of aryl methyl sites for hydroxylation is 2. The van der Waals surface area contributed by atoms with Crippen molar-refractivity contribution < 1.29 is 0 Å². The Morgan fingerprint density at radius 3 is 2.37 bits per heavy atom. The SMILES string of the molecule is Cc1cc(C)cc(C(C)NCC2CCCCC2C)c1. The van der Waals surface area contributed by atoms with E-state index in [0.717, 1.165) is 11.8 Å². The van der Waals surface area contributed by atoms with Gasteiger partial charge in [-0.1, -0.05) is 55.5 Å². The molecule has 0 bridgehead atoms. The zero-order valence-electron chi connectivity index (χ0n) is 13.0. The number of nitrogens with one attached hydrogen (secondary N) is 1. The van der Waals surface area contributed by atoms with Gasteiger partial charge >= 0.3 is 0 Å². The van der Waals surface area contributed by atoms with Gasteiger partial charge in [-0.2, -0.15) is 0 Å². The van der Waals surface area contributed by atoms with Crippen LogP contribution in [0.15, 0.2) is 18.2 Å². The molecular formula is C18H29N. The first kappa shape index (κ1) is 14.6. The summed E-state index contributed by atoms with van der Waals surface area (Å²) in [7, 11) is 0. The van der Waals surface area contributed by atoms with E-state index in [1.807, 2.05) is 0 Å². The maximum absolute atomic E-state index is 3.75. The van der Waals surface area contributed by atoms with Crippen molar-refractivity contribution >= 4 is 0 Å². The third kappa shape index (κ3) is 4.07. The van der Waals surface area contributed by atoms with Gasteiger partial charge in [0.05, 0.1) is 0 Å². The molecule has 0 spiro atoms. The van der Waals surface area contributed by atoms with Crippen LogP contribution in [0.5, 0.6) is 0 Å². The van der Waals surface area contributed by atoms with E-state index in [-0.39, 0.29) is 0 Å². The van der Waals surface area contributed by atoms with E-state index in [4.69, 9.17) is 0 Å². The minimum atomic E-state index is 0.465. The van der Waals surface area contributed by atoms with Crippen LogP contribution in [0.2, 0.25) is 0 Å². The van der Waals surface area contributed by atoms with Crippen LogP contribution in [0.25, 0.3) is 0 Å². The molecule has 1 fully saturated rings. The minimum Gasteiger partial charge on any atom is -0.310 e. The molecule has 1 aromatic carbocycles. The summed E-state index contributed by atoms with van der Waals surface area (Å²) in [4.78, 5) is 0. The molecule has 19 heavy (non-hydrogen) atoms. The molecule has 0 amide bonds. The standard InChI is InChI=1S/C18H29N/c1-13-9-14(2)11-18(10-13)16(4)19-12-17-8-6-5-7-15(17)3/h9-11,15-17,19H,5-8,12H2,1-4H3. The molecule has 0 aliphatic heterocycles. The Morgan fingerprint density at radius 2 is 1.74 bits per heavy atom. The van der Waals surface area contributed by atoms with Crippen molar-refractivity contribution in [2.24, 2.45) is 11.8 Å². The molecule has 1 aromatic rings. The summed E-state index contributed by atoms with van der Waals surface area (Å²) in [5, 5.41) is 3.75. The van der Waals surface area contributed by atoms with Gasteiger partial charge in [0.15, 0.2) is 0 Å². The van der Waals surface area contributed by atoms with Crippen molar-refractivity contribution in [1.82, 2.24) is 5.32 Å². The molecule has 1 saturated carbocycles. The lowest BCUT2D eigenvalue weighted by Gasteiger charge is -2.30. The first-order chi connectivity index (χ1) is 9.06. The first-order valence-corrected chi connectivity index (χ1v) is 7.88. The van der Waals surface area contributed by atoms with E-state index in [0.29, 0.717) is 6.04 Å². The smallest absolute Gasteiger partial charge is 0.0292 e. The molecule has 1 heteroatoms. The first-order valence-electron chi connectivity index (χ1n) is 7.88. The largest absolute Gasteiger partial charge is 0.310 e. The lowest BCUT2D eigenvalue weighted by Crippen LogP contribution is -2.31. The molecular weight excluding hydrogens is 230 g/mol. The van der Waals surface area contributed by atoms with Gasteiger partial charge in [0.2, 0.25) is 0 Å². The summed E-state index contributed by atoms with van der Waals surface area (Å²) in [5.74, 6) is 1.77. The molecule has 2 rings (SSSR count). The fourth-order valence-corrected chi connectivity index (χ4v) is 3.40. The predicted molar refractivity (Wildman–Crippen MR) is 83.5 cm³/mol. The summed E-state index contributed by atoms with van der Waals surface area (Å²) in [6.45, 7) is 10.3. The van der Waals surface area contributed by atoms with Crippen LogP contribution in [-0.4, -0.2) is 6.54 Å². The van der Waals surface area contributed by atoms with Crippen molar-refractivity contribution in [1.29, 1.82) is 0 Å². The maximum atomic E-state index is 3.75. The van der Waals surface area contributed by atoms with Gasteiger partial charge in [-0.25, -0.2) is 0 Å².